The Kier molecular flexibility index (Phi) is 3.91. The van der Waals surface area contributed by atoms with Crippen LogP contribution in [0.1, 0.15) is 30.9 Å². The molecule has 3 amide bonds. The molecule has 0 aliphatic carbocycles. The lowest BCUT2D eigenvalue weighted by Crippen LogP contribution is -2.54. The summed E-state index contributed by atoms with van der Waals surface area (Å²) in [6.07, 6.45) is 2.42. The number of hydrogen-bond donors (Lipinski definition) is 1. The van der Waals surface area contributed by atoms with Gasteiger partial charge >= 0.3 is 6.03 Å². The molecule has 1 aromatic rings. The van der Waals surface area contributed by atoms with Crippen molar-refractivity contribution in [2.75, 3.05) is 20.1 Å². The SMILES string of the molecule is CCc1ccccc1CN1CCC2(CC1)NC(=O)N(C)C2=O. The van der Waals surface area contributed by atoms with Crippen molar-refractivity contribution in [2.24, 2.45) is 0 Å². The molecule has 5 nitrogen and oxygen atoms in total. The number of aryl methyl sites for hydroxylation is 1. The number of hydrogen-bond acceptors (Lipinski definition) is 3. The minimum absolute atomic E-state index is 0.0777. The molecule has 0 bridgehead atoms. The van der Waals surface area contributed by atoms with Gasteiger partial charge in [0.1, 0.15) is 5.54 Å². The fraction of sp³-hybridized carbons (Fsp3) is 0.529. The first kappa shape index (κ1) is 15.0. The molecule has 5 heteroatoms. The highest BCUT2D eigenvalue weighted by Gasteiger charge is 2.50. The minimum Gasteiger partial charge on any atom is -0.323 e. The summed E-state index contributed by atoms with van der Waals surface area (Å²) in [6, 6.07) is 8.25. The number of carbonyl (C=O) groups excluding carboxylic acids is 2. The van der Waals surface area contributed by atoms with Crippen molar-refractivity contribution < 1.29 is 9.59 Å². The van der Waals surface area contributed by atoms with E-state index >= 15 is 0 Å². The zero-order valence-corrected chi connectivity index (χ0v) is 13.3. The molecule has 2 heterocycles. The molecule has 1 spiro atoms. The van der Waals surface area contributed by atoms with Crippen LogP contribution in [0.4, 0.5) is 4.79 Å². The lowest BCUT2D eigenvalue weighted by atomic mass is 9.87. The second-order valence-corrected chi connectivity index (χ2v) is 6.27. The highest BCUT2D eigenvalue weighted by Crippen LogP contribution is 2.29. The van der Waals surface area contributed by atoms with Crippen molar-refractivity contribution in [3.63, 3.8) is 0 Å². The Hall–Kier alpha value is -1.88. The first-order valence-electron chi connectivity index (χ1n) is 7.95. The third kappa shape index (κ3) is 2.50. The number of likely N-dealkylation sites (N-methyl/N-ethyl adjacent to an activating group) is 1. The Morgan fingerprint density at radius 1 is 1.14 bits per heavy atom. The van der Waals surface area contributed by atoms with Gasteiger partial charge in [-0.2, -0.15) is 0 Å². The Labute approximate surface area is 131 Å². The van der Waals surface area contributed by atoms with Crippen LogP contribution in [0.5, 0.6) is 0 Å². The van der Waals surface area contributed by atoms with E-state index in [4.69, 9.17) is 0 Å². The maximum absolute atomic E-state index is 12.3. The van der Waals surface area contributed by atoms with E-state index in [0.29, 0.717) is 12.8 Å². The third-order valence-electron chi connectivity index (χ3n) is 4.97. The van der Waals surface area contributed by atoms with Gasteiger partial charge in [-0.15, -0.1) is 0 Å². The van der Waals surface area contributed by atoms with E-state index in [-0.39, 0.29) is 11.9 Å². The molecule has 0 atom stereocenters. The molecule has 1 aromatic carbocycles. The fourth-order valence-electron chi connectivity index (χ4n) is 3.48. The predicted molar refractivity (Wildman–Crippen MR) is 84.4 cm³/mol. The number of benzene rings is 1. The summed E-state index contributed by atoms with van der Waals surface area (Å²) in [5.74, 6) is -0.0777. The molecule has 2 aliphatic rings. The molecule has 2 aliphatic heterocycles. The van der Waals surface area contributed by atoms with Crippen LogP contribution in [0.3, 0.4) is 0 Å². The molecule has 2 saturated heterocycles. The third-order valence-corrected chi connectivity index (χ3v) is 4.97. The summed E-state index contributed by atoms with van der Waals surface area (Å²) in [5.41, 5.74) is 2.08. The van der Waals surface area contributed by atoms with Crippen LogP contribution in [0.15, 0.2) is 24.3 Å². The molecule has 0 saturated carbocycles. The van der Waals surface area contributed by atoms with Crippen LogP contribution in [0, 0.1) is 0 Å². The van der Waals surface area contributed by atoms with Crippen LogP contribution in [-0.2, 0) is 17.8 Å². The molecule has 2 fully saturated rings. The van der Waals surface area contributed by atoms with Crippen LogP contribution >= 0.6 is 0 Å². The van der Waals surface area contributed by atoms with Crippen molar-refractivity contribution in [3.05, 3.63) is 35.4 Å². The van der Waals surface area contributed by atoms with Gasteiger partial charge in [-0.1, -0.05) is 31.2 Å². The maximum Gasteiger partial charge on any atom is 0.324 e. The summed E-state index contributed by atoms with van der Waals surface area (Å²) in [4.78, 5) is 27.6. The zero-order valence-electron chi connectivity index (χ0n) is 13.3. The highest BCUT2D eigenvalue weighted by molar-refractivity contribution is 6.06. The van der Waals surface area contributed by atoms with Gasteiger partial charge in [-0.05, 0) is 30.4 Å². The van der Waals surface area contributed by atoms with E-state index in [1.54, 1.807) is 7.05 Å². The van der Waals surface area contributed by atoms with E-state index in [0.717, 1.165) is 26.1 Å². The molecule has 0 radical (unpaired) electrons. The normalized spacial score (nSPS) is 21.5. The first-order chi connectivity index (χ1) is 10.6. The van der Waals surface area contributed by atoms with Crippen molar-refractivity contribution in [1.29, 1.82) is 0 Å². The number of carbonyl (C=O) groups is 2. The van der Waals surface area contributed by atoms with E-state index in [9.17, 15) is 9.59 Å². The van der Waals surface area contributed by atoms with Crippen LogP contribution in [0.25, 0.3) is 0 Å². The molecular formula is C17H23N3O2. The number of urea groups is 1. The smallest absolute Gasteiger partial charge is 0.323 e. The van der Waals surface area contributed by atoms with Gasteiger partial charge in [0.2, 0.25) is 0 Å². The predicted octanol–water partition coefficient (Wildman–Crippen LogP) is 1.77. The maximum atomic E-state index is 12.3. The average molecular weight is 301 g/mol. The summed E-state index contributed by atoms with van der Waals surface area (Å²) in [5, 5.41) is 2.89. The lowest BCUT2D eigenvalue weighted by Gasteiger charge is -2.37. The van der Waals surface area contributed by atoms with Gasteiger partial charge in [0.05, 0.1) is 0 Å². The number of nitrogens with zero attached hydrogens (tertiary/aromatic N) is 2. The number of imide groups is 1. The van der Waals surface area contributed by atoms with E-state index in [1.165, 1.54) is 16.0 Å². The monoisotopic (exact) mass is 301 g/mol. The first-order valence-corrected chi connectivity index (χ1v) is 7.95. The van der Waals surface area contributed by atoms with Crippen LogP contribution in [0.2, 0.25) is 0 Å². The second-order valence-electron chi connectivity index (χ2n) is 6.27. The van der Waals surface area contributed by atoms with Crippen molar-refractivity contribution in [2.45, 2.75) is 38.3 Å². The zero-order chi connectivity index (χ0) is 15.7. The Balaban J connectivity index is 1.65. The summed E-state index contributed by atoms with van der Waals surface area (Å²) >= 11 is 0. The Bertz CT molecular complexity index is 591. The summed E-state index contributed by atoms with van der Waals surface area (Å²) in [7, 11) is 1.55. The Morgan fingerprint density at radius 2 is 1.77 bits per heavy atom. The topological polar surface area (TPSA) is 52.7 Å². The molecular weight excluding hydrogens is 278 g/mol. The number of piperidine rings is 1. The van der Waals surface area contributed by atoms with Crippen LogP contribution in [-0.4, -0.2) is 47.4 Å². The van der Waals surface area contributed by atoms with Crippen molar-refractivity contribution in [3.8, 4) is 0 Å². The molecule has 0 aromatic heterocycles. The van der Waals surface area contributed by atoms with Gasteiger partial charge in [0.15, 0.2) is 0 Å². The van der Waals surface area contributed by atoms with Gasteiger partial charge in [0, 0.05) is 26.7 Å². The number of amides is 3. The molecule has 3 rings (SSSR count). The quantitative estimate of drug-likeness (QED) is 0.866. The van der Waals surface area contributed by atoms with Gasteiger partial charge in [0.25, 0.3) is 5.91 Å². The van der Waals surface area contributed by atoms with E-state index in [1.807, 2.05) is 0 Å². The van der Waals surface area contributed by atoms with Gasteiger partial charge < -0.3 is 5.32 Å². The number of likely N-dealkylation sites (tertiary alicyclic amines) is 1. The number of rotatable bonds is 3. The van der Waals surface area contributed by atoms with E-state index in [2.05, 4.69) is 41.4 Å². The summed E-state index contributed by atoms with van der Waals surface area (Å²) in [6.45, 7) is 4.75. The molecule has 22 heavy (non-hydrogen) atoms. The van der Waals surface area contributed by atoms with Crippen molar-refractivity contribution >= 4 is 11.9 Å². The molecule has 118 valence electrons. The molecule has 0 unspecified atom stereocenters. The average Bonchev–Trinajstić information content (AvgIpc) is 2.75. The van der Waals surface area contributed by atoms with Gasteiger partial charge in [-0.3, -0.25) is 14.6 Å². The standard InChI is InChI=1S/C17H23N3O2/c1-3-13-6-4-5-7-14(13)12-20-10-8-17(9-11-20)15(21)19(2)16(22)18-17/h4-7H,3,8-12H2,1-2H3,(H,18,22). The Morgan fingerprint density at radius 3 is 2.32 bits per heavy atom. The largest absolute Gasteiger partial charge is 0.324 e. The number of nitrogens with one attached hydrogen (secondary N) is 1. The minimum atomic E-state index is -0.660. The van der Waals surface area contributed by atoms with Crippen molar-refractivity contribution in [1.82, 2.24) is 15.1 Å². The summed E-state index contributed by atoms with van der Waals surface area (Å²) < 4.78 is 0. The fourth-order valence-corrected chi connectivity index (χ4v) is 3.48. The second kappa shape index (κ2) is 5.72. The van der Waals surface area contributed by atoms with E-state index < -0.39 is 5.54 Å². The lowest BCUT2D eigenvalue weighted by molar-refractivity contribution is -0.132. The highest BCUT2D eigenvalue weighted by atomic mass is 16.2. The van der Waals surface area contributed by atoms with Crippen LogP contribution < -0.4 is 5.32 Å². The molecule has 1 N–H and O–H groups in total. The van der Waals surface area contributed by atoms with Gasteiger partial charge in [-0.25, -0.2) is 4.79 Å².